The monoisotopic (exact) mass is 424 g/mol. The lowest BCUT2D eigenvalue weighted by Crippen LogP contribution is -2.34. The Morgan fingerprint density at radius 3 is 0.938 bits per heavy atom. The Balaban J connectivity index is 1.47. The highest BCUT2D eigenvalue weighted by Gasteiger charge is 2.13. The van der Waals surface area contributed by atoms with E-state index in [9.17, 15) is 0 Å². The summed E-state index contributed by atoms with van der Waals surface area (Å²) in [6.45, 7) is 5.22. The summed E-state index contributed by atoms with van der Waals surface area (Å²) in [4.78, 5) is 22.1. The summed E-state index contributed by atoms with van der Waals surface area (Å²) in [6.07, 6.45) is 15.0. The minimum Gasteiger partial charge on any atom is -0.293 e. The lowest BCUT2D eigenvalue weighted by molar-refractivity contribution is 0.182. The van der Waals surface area contributed by atoms with Gasteiger partial charge in [-0.2, -0.15) is 0 Å². The van der Waals surface area contributed by atoms with Gasteiger partial charge in [0.15, 0.2) is 0 Å². The van der Waals surface area contributed by atoms with Crippen molar-refractivity contribution in [2.24, 2.45) is 0 Å². The highest BCUT2D eigenvalue weighted by Crippen LogP contribution is 2.12. The van der Waals surface area contributed by atoms with Crippen LogP contribution in [0.1, 0.15) is 22.3 Å². The Bertz CT molecular complexity index is 859. The van der Waals surface area contributed by atoms with Gasteiger partial charge >= 0.3 is 0 Å². The molecule has 4 aromatic heterocycles. The molecule has 0 aliphatic carbocycles. The van der Waals surface area contributed by atoms with Gasteiger partial charge in [-0.15, -0.1) is 0 Å². The van der Waals surface area contributed by atoms with Crippen molar-refractivity contribution in [3.63, 3.8) is 0 Å². The van der Waals surface area contributed by atoms with E-state index in [4.69, 9.17) is 0 Å². The summed E-state index contributed by atoms with van der Waals surface area (Å²) in [5.74, 6) is 0. The van der Waals surface area contributed by atoms with Crippen LogP contribution in [0.4, 0.5) is 0 Å². The third kappa shape index (κ3) is 7.04. The van der Waals surface area contributed by atoms with E-state index in [1.165, 1.54) is 22.3 Å². The maximum atomic E-state index is 4.29. The number of hydrogen-bond acceptors (Lipinski definition) is 6. The zero-order valence-electron chi connectivity index (χ0n) is 18.2. The first-order valence-electron chi connectivity index (χ1n) is 10.9. The lowest BCUT2D eigenvalue weighted by atomic mass is 10.2. The van der Waals surface area contributed by atoms with Crippen LogP contribution in [0.25, 0.3) is 0 Å². The molecule has 0 radical (unpaired) electrons. The summed E-state index contributed by atoms with van der Waals surface area (Å²) in [7, 11) is 0. The first kappa shape index (κ1) is 21.7. The summed E-state index contributed by atoms with van der Waals surface area (Å²) in [5.41, 5.74) is 4.84. The second-order valence-electron chi connectivity index (χ2n) is 7.87. The number of nitrogens with zero attached hydrogens (tertiary/aromatic N) is 6. The first-order chi connectivity index (χ1) is 15.8. The zero-order chi connectivity index (χ0) is 21.8. The van der Waals surface area contributed by atoms with E-state index in [1.807, 2.05) is 73.8 Å². The molecule has 0 aromatic carbocycles. The van der Waals surface area contributed by atoms with Gasteiger partial charge in [0, 0.05) is 88.8 Å². The van der Waals surface area contributed by atoms with Crippen molar-refractivity contribution in [2.45, 2.75) is 26.2 Å². The zero-order valence-corrected chi connectivity index (χ0v) is 18.2. The standard InChI is InChI=1S/C26H28N6/c1-5-23(15-27-9-1)19-31(20-24-6-2-10-28-16-24)13-14-32(21-25-7-3-11-29-17-25)22-26-8-4-12-30-18-26/h1-12,15-18H,13-14,19-22H2. The molecule has 4 heterocycles. The van der Waals surface area contributed by atoms with E-state index >= 15 is 0 Å². The number of pyridine rings is 4. The van der Waals surface area contributed by atoms with E-state index in [0.29, 0.717) is 0 Å². The van der Waals surface area contributed by atoms with Crippen LogP contribution in [0.15, 0.2) is 98.1 Å². The molecule has 162 valence electrons. The normalized spacial score (nSPS) is 11.2. The van der Waals surface area contributed by atoms with E-state index in [1.54, 1.807) is 0 Å². The first-order valence-corrected chi connectivity index (χ1v) is 10.9. The fourth-order valence-electron chi connectivity index (χ4n) is 3.71. The van der Waals surface area contributed by atoms with Gasteiger partial charge in [-0.05, 0) is 46.5 Å². The third-order valence-corrected chi connectivity index (χ3v) is 5.25. The molecule has 0 bridgehead atoms. The molecule has 0 unspecified atom stereocenters. The molecule has 0 spiro atoms. The maximum Gasteiger partial charge on any atom is 0.0312 e. The highest BCUT2D eigenvalue weighted by molar-refractivity contribution is 5.13. The Kier molecular flexibility index (Phi) is 8.01. The second kappa shape index (κ2) is 11.8. The molecule has 4 rings (SSSR count). The van der Waals surface area contributed by atoms with Gasteiger partial charge in [0.25, 0.3) is 0 Å². The highest BCUT2D eigenvalue weighted by atomic mass is 15.2. The fourth-order valence-corrected chi connectivity index (χ4v) is 3.71. The molecule has 0 aliphatic rings. The predicted octanol–water partition coefficient (Wildman–Crippen LogP) is 3.97. The number of hydrogen-bond donors (Lipinski definition) is 0. The SMILES string of the molecule is c1cncc(CN(CCN(Cc2cccnc2)Cc2cccnc2)Cc2cccnc2)c1. The molecular formula is C26H28N6. The summed E-state index contributed by atoms with van der Waals surface area (Å²) < 4.78 is 0. The molecule has 0 saturated carbocycles. The molecule has 6 heteroatoms. The van der Waals surface area contributed by atoms with Crippen LogP contribution in [0.3, 0.4) is 0 Å². The van der Waals surface area contributed by atoms with Crippen LogP contribution in [-0.4, -0.2) is 42.8 Å². The predicted molar refractivity (Wildman–Crippen MR) is 125 cm³/mol. The van der Waals surface area contributed by atoms with Gasteiger partial charge in [0.1, 0.15) is 0 Å². The molecule has 0 fully saturated rings. The van der Waals surface area contributed by atoms with Crippen molar-refractivity contribution in [2.75, 3.05) is 13.1 Å². The van der Waals surface area contributed by atoms with E-state index in [-0.39, 0.29) is 0 Å². The van der Waals surface area contributed by atoms with Gasteiger partial charge in [0.05, 0.1) is 0 Å². The van der Waals surface area contributed by atoms with Gasteiger partial charge in [0.2, 0.25) is 0 Å². The van der Waals surface area contributed by atoms with Crippen molar-refractivity contribution in [3.8, 4) is 0 Å². The van der Waals surface area contributed by atoms with Crippen molar-refractivity contribution >= 4 is 0 Å². The minimum atomic E-state index is 0.844. The lowest BCUT2D eigenvalue weighted by Gasteiger charge is -2.28. The topological polar surface area (TPSA) is 58.0 Å². The second-order valence-corrected chi connectivity index (χ2v) is 7.87. The summed E-state index contributed by atoms with van der Waals surface area (Å²) >= 11 is 0. The van der Waals surface area contributed by atoms with Gasteiger partial charge < -0.3 is 0 Å². The van der Waals surface area contributed by atoms with Gasteiger partial charge in [-0.1, -0.05) is 24.3 Å². The molecule has 0 saturated heterocycles. The van der Waals surface area contributed by atoms with E-state index in [2.05, 4.69) is 54.0 Å². The largest absolute Gasteiger partial charge is 0.293 e. The molecule has 0 atom stereocenters. The summed E-state index contributed by atoms with van der Waals surface area (Å²) in [6, 6.07) is 16.5. The molecule has 6 nitrogen and oxygen atoms in total. The molecular weight excluding hydrogens is 396 g/mol. The average molecular weight is 425 g/mol. The Morgan fingerprint density at radius 2 is 0.719 bits per heavy atom. The maximum absolute atomic E-state index is 4.29. The average Bonchev–Trinajstić information content (AvgIpc) is 2.85. The van der Waals surface area contributed by atoms with Crippen LogP contribution < -0.4 is 0 Å². The van der Waals surface area contributed by atoms with Crippen molar-refractivity contribution in [1.82, 2.24) is 29.7 Å². The van der Waals surface area contributed by atoms with Gasteiger partial charge in [-0.25, -0.2) is 0 Å². The Hall–Kier alpha value is -3.48. The molecule has 32 heavy (non-hydrogen) atoms. The van der Waals surface area contributed by atoms with E-state index in [0.717, 1.165) is 39.3 Å². The minimum absolute atomic E-state index is 0.844. The van der Waals surface area contributed by atoms with Crippen LogP contribution >= 0.6 is 0 Å². The molecule has 0 N–H and O–H groups in total. The molecule has 0 amide bonds. The van der Waals surface area contributed by atoms with Crippen LogP contribution in [0.2, 0.25) is 0 Å². The van der Waals surface area contributed by atoms with Crippen LogP contribution in [0.5, 0.6) is 0 Å². The van der Waals surface area contributed by atoms with Crippen molar-refractivity contribution < 1.29 is 0 Å². The van der Waals surface area contributed by atoms with E-state index < -0.39 is 0 Å². The number of aromatic nitrogens is 4. The summed E-state index contributed by atoms with van der Waals surface area (Å²) in [5, 5.41) is 0. The quantitative estimate of drug-likeness (QED) is 0.363. The van der Waals surface area contributed by atoms with Crippen LogP contribution in [-0.2, 0) is 26.2 Å². The molecule has 0 aliphatic heterocycles. The van der Waals surface area contributed by atoms with Crippen LogP contribution in [0, 0.1) is 0 Å². The molecule has 4 aromatic rings. The van der Waals surface area contributed by atoms with Crippen molar-refractivity contribution in [3.05, 3.63) is 120 Å². The van der Waals surface area contributed by atoms with Gasteiger partial charge in [-0.3, -0.25) is 29.7 Å². The Labute approximate surface area is 189 Å². The smallest absolute Gasteiger partial charge is 0.0312 e. The van der Waals surface area contributed by atoms with Crippen molar-refractivity contribution in [1.29, 1.82) is 0 Å². The Morgan fingerprint density at radius 1 is 0.438 bits per heavy atom. The third-order valence-electron chi connectivity index (χ3n) is 5.25. The number of rotatable bonds is 11. The fraction of sp³-hybridized carbons (Fsp3) is 0.231.